The predicted octanol–water partition coefficient (Wildman–Crippen LogP) is 5.75. The molecule has 4 aromatic rings. The maximum Gasteiger partial charge on any atom is 0.255 e. The van der Waals surface area contributed by atoms with Gasteiger partial charge in [-0.05, 0) is 36.4 Å². The predicted molar refractivity (Wildman–Crippen MR) is 117 cm³/mol. The molecular formula is C22H15Cl2FN4O2. The highest BCUT2D eigenvalue weighted by molar-refractivity contribution is 6.39. The molecule has 0 atom stereocenters. The number of amides is 1. The van der Waals surface area contributed by atoms with Crippen LogP contribution in [0.25, 0.3) is 11.4 Å². The van der Waals surface area contributed by atoms with Crippen LogP contribution in [-0.4, -0.2) is 20.9 Å². The molecule has 0 aliphatic heterocycles. The molecule has 0 aliphatic carbocycles. The average Bonchev–Trinajstić information content (AvgIpc) is 3.27. The van der Waals surface area contributed by atoms with Gasteiger partial charge in [-0.25, -0.2) is 9.37 Å². The molecule has 0 saturated heterocycles. The third kappa shape index (κ3) is 4.84. The van der Waals surface area contributed by atoms with Crippen molar-refractivity contribution in [1.29, 1.82) is 0 Å². The summed E-state index contributed by atoms with van der Waals surface area (Å²) in [7, 11) is 0. The third-order valence-corrected chi connectivity index (χ3v) is 4.94. The second-order valence-corrected chi connectivity index (χ2v) is 7.32. The van der Waals surface area contributed by atoms with Crippen LogP contribution >= 0.6 is 23.2 Å². The van der Waals surface area contributed by atoms with Crippen molar-refractivity contribution in [3.63, 3.8) is 0 Å². The van der Waals surface area contributed by atoms with E-state index >= 15 is 0 Å². The standard InChI is InChI=1S/C22H15Cl2FN4O2/c23-16-9-15(10-17(24)20(16)21-27-6-7-28-21)29-22(30)14-3-4-18(25)19(8-14)31-12-13-2-1-5-26-11-13/h1-11H,12H2,(H,27,28)(H,29,30). The largest absolute Gasteiger partial charge is 0.486 e. The molecule has 9 heteroatoms. The number of hydrogen-bond donors (Lipinski definition) is 2. The van der Waals surface area contributed by atoms with Crippen molar-refractivity contribution in [2.24, 2.45) is 0 Å². The van der Waals surface area contributed by atoms with Crippen LogP contribution in [-0.2, 0) is 6.61 Å². The van der Waals surface area contributed by atoms with E-state index in [1.54, 1.807) is 49.1 Å². The summed E-state index contributed by atoms with van der Waals surface area (Å²) in [5.74, 6) is -0.569. The number of aromatic nitrogens is 3. The lowest BCUT2D eigenvalue weighted by Crippen LogP contribution is -2.12. The van der Waals surface area contributed by atoms with Crippen LogP contribution in [0.4, 0.5) is 10.1 Å². The maximum absolute atomic E-state index is 14.1. The van der Waals surface area contributed by atoms with Crippen LogP contribution in [0, 0.1) is 5.82 Å². The number of hydrogen-bond acceptors (Lipinski definition) is 4. The number of carbonyl (C=O) groups is 1. The Balaban J connectivity index is 1.51. The van der Waals surface area contributed by atoms with Crippen molar-refractivity contribution < 1.29 is 13.9 Å². The fourth-order valence-electron chi connectivity index (χ4n) is 2.88. The summed E-state index contributed by atoms with van der Waals surface area (Å²) in [4.78, 5) is 23.7. The van der Waals surface area contributed by atoms with Crippen molar-refractivity contribution in [3.05, 3.63) is 94.2 Å². The van der Waals surface area contributed by atoms with Gasteiger partial charge in [-0.15, -0.1) is 0 Å². The molecule has 2 aromatic heterocycles. The Morgan fingerprint density at radius 2 is 1.94 bits per heavy atom. The van der Waals surface area contributed by atoms with Crippen LogP contribution in [0.3, 0.4) is 0 Å². The molecular weight excluding hydrogens is 442 g/mol. The summed E-state index contributed by atoms with van der Waals surface area (Å²) in [5, 5.41) is 3.34. The number of halogens is 3. The van der Waals surface area contributed by atoms with Crippen molar-refractivity contribution in [1.82, 2.24) is 15.0 Å². The molecule has 0 unspecified atom stereocenters. The Morgan fingerprint density at radius 3 is 2.61 bits per heavy atom. The van der Waals surface area contributed by atoms with Crippen LogP contribution in [0.1, 0.15) is 15.9 Å². The van der Waals surface area contributed by atoms with Crippen molar-refractivity contribution in [3.8, 4) is 17.1 Å². The minimum Gasteiger partial charge on any atom is -0.486 e. The monoisotopic (exact) mass is 456 g/mol. The number of benzene rings is 2. The minimum atomic E-state index is -0.575. The normalized spacial score (nSPS) is 10.7. The number of rotatable bonds is 6. The second-order valence-electron chi connectivity index (χ2n) is 6.50. The summed E-state index contributed by atoms with van der Waals surface area (Å²) in [6, 6.07) is 10.6. The molecule has 6 nitrogen and oxygen atoms in total. The molecule has 0 saturated carbocycles. The van der Waals surface area contributed by atoms with E-state index in [-0.39, 0.29) is 17.9 Å². The zero-order valence-electron chi connectivity index (χ0n) is 15.9. The van der Waals surface area contributed by atoms with E-state index in [0.29, 0.717) is 27.1 Å². The average molecular weight is 457 g/mol. The van der Waals surface area contributed by atoms with Crippen molar-refractivity contribution in [2.45, 2.75) is 6.61 Å². The minimum absolute atomic E-state index is 0.0410. The summed E-state index contributed by atoms with van der Waals surface area (Å²) < 4.78 is 19.6. The lowest BCUT2D eigenvalue weighted by atomic mass is 10.1. The molecule has 0 fully saturated rings. The molecule has 1 amide bonds. The summed E-state index contributed by atoms with van der Waals surface area (Å²) in [6.45, 7) is 0.120. The van der Waals surface area contributed by atoms with E-state index in [1.165, 1.54) is 18.2 Å². The smallest absolute Gasteiger partial charge is 0.255 e. The highest BCUT2D eigenvalue weighted by atomic mass is 35.5. The highest BCUT2D eigenvalue weighted by Gasteiger charge is 2.16. The van der Waals surface area contributed by atoms with Gasteiger partial charge in [-0.3, -0.25) is 9.78 Å². The molecule has 31 heavy (non-hydrogen) atoms. The zero-order chi connectivity index (χ0) is 21.8. The van der Waals surface area contributed by atoms with Crippen molar-refractivity contribution >= 4 is 34.8 Å². The molecule has 2 heterocycles. The molecule has 0 spiro atoms. The molecule has 156 valence electrons. The number of H-pyrrole nitrogens is 1. The number of anilines is 1. The van der Waals surface area contributed by atoms with Gasteiger partial charge in [0.15, 0.2) is 11.6 Å². The van der Waals surface area contributed by atoms with Gasteiger partial charge in [0.2, 0.25) is 0 Å². The summed E-state index contributed by atoms with van der Waals surface area (Å²) in [5.41, 5.74) is 1.90. The zero-order valence-corrected chi connectivity index (χ0v) is 17.4. The molecule has 2 aromatic carbocycles. The number of carbonyl (C=O) groups excluding carboxylic acids is 1. The molecule has 0 bridgehead atoms. The van der Waals surface area contributed by atoms with E-state index in [9.17, 15) is 9.18 Å². The van der Waals surface area contributed by atoms with E-state index in [1.807, 2.05) is 0 Å². The number of aromatic amines is 1. The number of nitrogens with one attached hydrogen (secondary N) is 2. The third-order valence-electron chi connectivity index (χ3n) is 4.35. The Hall–Kier alpha value is -3.42. The molecule has 2 N–H and O–H groups in total. The van der Waals surface area contributed by atoms with Crippen molar-refractivity contribution in [2.75, 3.05) is 5.32 Å². The van der Waals surface area contributed by atoms with E-state index in [0.717, 1.165) is 5.56 Å². The Bertz CT molecular complexity index is 1190. The topological polar surface area (TPSA) is 79.9 Å². The lowest BCUT2D eigenvalue weighted by molar-refractivity contribution is 0.102. The Labute approximate surface area is 187 Å². The van der Waals surface area contributed by atoms with E-state index in [2.05, 4.69) is 20.3 Å². The number of nitrogens with zero attached hydrogens (tertiary/aromatic N) is 2. The van der Waals surface area contributed by atoms with Gasteiger partial charge >= 0.3 is 0 Å². The number of imidazole rings is 1. The first-order valence-corrected chi connectivity index (χ1v) is 9.88. The van der Waals surface area contributed by atoms with Gasteiger partial charge in [-0.2, -0.15) is 0 Å². The second kappa shape index (κ2) is 9.16. The van der Waals surface area contributed by atoms with E-state index < -0.39 is 11.7 Å². The van der Waals surface area contributed by atoms with Gasteiger partial charge in [0.1, 0.15) is 12.4 Å². The fourth-order valence-corrected chi connectivity index (χ4v) is 3.54. The SMILES string of the molecule is O=C(Nc1cc(Cl)c(-c2ncc[nH]2)c(Cl)c1)c1ccc(F)c(OCc2cccnc2)c1. The lowest BCUT2D eigenvalue weighted by Gasteiger charge is -2.11. The summed E-state index contributed by atoms with van der Waals surface area (Å²) >= 11 is 12.7. The van der Waals surface area contributed by atoms with Crippen LogP contribution in [0.5, 0.6) is 5.75 Å². The molecule has 4 rings (SSSR count). The first kappa shape index (κ1) is 20.8. The molecule has 0 radical (unpaired) electrons. The summed E-state index contributed by atoms with van der Waals surface area (Å²) in [6.07, 6.45) is 6.49. The van der Waals surface area contributed by atoms with Crippen LogP contribution in [0.15, 0.2) is 67.3 Å². The quantitative estimate of drug-likeness (QED) is 0.387. The first-order chi connectivity index (χ1) is 15.0. The maximum atomic E-state index is 14.1. The van der Waals surface area contributed by atoms with Gasteiger partial charge in [0.05, 0.1) is 15.6 Å². The van der Waals surface area contributed by atoms with Crippen LogP contribution in [0.2, 0.25) is 10.0 Å². The van der Waals surface area contributed by atoms with E-state index in [4.69, 9.17) is 27.9 Å². The number of ether oxygens (including phenoxy) is 1. The Kier molecular flexibility index (Phi) is 6.16. The fraction of sp³-hybridized carbons (Fsp3) is 0.0455. The first-order valence-electron chi connectivity index (χ1n) is 9.12. The van der Waals surface area contributed by atoms with Crippen LogP contribution < -0.4 is 10.1 Å². The van der Waals surface area contributed by atoms with Gasteiger partial charge < -0.3 is 15.0 Å². The Morgan fingerprint density at radius 1 is 1.13 bits per heavy atom. The number of pyridine rings is 1. The van der Waals surface area contributed by atoms with Gasteiger partial charge in [0, 0.05) is 41.6 Å². The van der Waals surface area contributed by atoms with Gasteiger partial charge in [-0.1, -0.05) is 29.3 Å². The molecule has 0 aliphatic rings. The highest BCUT2D eigenvalue weighted by Crippen LogP contribution is 2.35. The van der Waals surface area contributed by atoms with Gasteiger partial charge in [0.25, 0.3) is 5.91 Å².